The Hall–Kier alpha value is -2.93. The van der Waals surface area contributed by atoms with Crippen molar-refractivity contribution in [1.82, 2.24) is 14.1 Å². The van der Waals surface area contributed by atoms with Gasteiger partial charge in [-0.05, 0) is 81.8 Å². The van der Waals surface area contributed by atoms with Gasteiger partial charge in [0.25, 0.3) is 0 Å². The molecule has 4 rings (SSSR count). The first kappa shape index (κ1) is 21.3. The summed E-state index contributed by atoms with van der Waals surface area (Å²) in [4.78, 5) is 17.8. The summed E-state index contributed by atoms with van der Waals surface area (Å²) in [6, 6.07) is 10.0. The zero-order valence-electron chi connectivity index (χ0n) is 18.0. The Kier molecular flexibility index (Phi) is 6.23. The maximum Gasteiger partial charge on any atom is 0.333 e. The van der Waals surface area contributed by atoms with Gasteiger partial charge < -0.3 is 10.4 Å². The molecule has 1 saturated carbocycles. The van der Waals surface area contributed by atoms with Crippen LogP contribution in [0.1, 0.15) is 39.5 Å². The molecule has 0 atom stereocenters. The molecule has 2 N–H and O–H groups in total. The van der Waals surface area contributed by atoms with E-state index in [2.05, 4.69) is 10.3 Å². The van der Waals surface area contributed by atoms with Gasteiger partial charge in [0.2, 0.25) is 0 Å². The molecule has 6 nitrogen and oxygen atoms in total. The van der Waals surface area contributed by atoms with Gasteiger partial charge in [0.1, 0.15) is 11.6 Å². The number of aromatic nitrogens is 3. The highest BCUT2D eigenvalue weighted by atomic mass is 19.1. The van der Waals surface area contributed by atoms with Gasteiger partial charge in [-0.3, -0.25) is 9.13 Å². The second-order valence-electron chi connectivity index (χ2n) is 8.66. The van der Waals surface area contributed by atoms with Crippen LogP contribution < -0.4 is 11.0 Å². The van der Waals surface area contributed by atoms with Crippen molar-refractivity contribution in [3.05, 3.63) is 65.1 Å². The van der Waals surface area contributed by atoms with E-state index in [0.717, 1.165) is 42.8 Å². The van der Waals surface area contributed by atoms with Gasteiger partial charge in [0, 0.05) is 30.5 Å². The Bertz CT molecular complexity index is 1080. The maximum atomic E-state index is 13.5. The van der Waals surface area contributed by atoms with E-state index in [4.69, 9.17) is 0 Å². The lowest BCUT2D eigenvalue weighted by molar-refractivity contribution is 0.104. The van der Waals surface area contributed by atoms with Crippen molar-refractivity contribution in [2.24, 2.45) is 5.92 Å². The molecule has 2 aromatic heterocycles. The summed E-state index contributed by atoms with van der Waals surface area (Å²) in [5.74, 6) is 0.749. The highest BCUT2D eigenvalue weighted by Gasteiger charge is 2.22. The van der Waals surface area contributed by atoms with Crippen molar-refractivity contribution in [1.29, 1.82) is 0 Å². The van der Waals surface area contributed by atoms with Crippen LogP contribution in [0.2, 0.25) is 0 Å². The zero-order valence-corrected chi connectivity index (χ0v) is 18.0. The lowest BCUT2D eigenvalue weighted by Crippen LogP contribution is -2.28. The average Bonchev–Trinajstić information content (AvgIpc) is 3.06. The van der Waals surface area contributed by atoms with E-state index in [1.807, 2.05) is 32.2 Å². The number of nitrogens with one attached hydrogen (secondary N) is 1. The summed E-state index contributed by atoms with van der Waals surface area (Å²) in [7, 11) is 0. The molecule has 0 aliphatic heterocycles. The summed E-state index contributed by atoms with van der Waals surface area (Å²) in [6.07, 6.45) is 6.74. The van der Waals surface area contributed by atoms with Crippen molar-refractivity contribution in [3.8, 4) is 16.9 Å². The molecule has 0 bridgehead atoms. The third kappa shape index (κ3) is 4.88. The maximum absolute atomic E-state index is 13.5. The van der Waals surface area contributed by atoms with E-state index < -0.39 is 0 Å². The monoisotopic (exact) mass is 424 g/mol. The van der Waals surface area contributed by atoms with Gasteiger partial charge in [0.05, 0.1) is 17.5 Å². The molecule has 7 heteroatoms. The topological polar surface area (TPSA) is 72.1 Å². The van der Waals surface area contributed by atoms with E-state index in [0.29, 0.717) is 18.2 Å². The van der Waals surface area contributed by atoms with E-state index in [1.54, 1.807) is 27.5 Å². The van der Waals surface area contributed by atoms with Crippen LogP contribution in [0.3, 0.4) is 0 Å². The van der Waals surface area contributed by atoms with E-state index in [1.165, 1.54) is 12.1 Å². The number of hydrogen-bond donors (Lipinski definition) is 2. The van der Waals surface area contributed by atoms with Crippen LogP contribution in [0.25, 0.3) is 16.9 Å². The minimum absolute atomic E-state index is 0.150. The predicted octanol–water partition coefficient (Wildman–Crippen LogP) is 4.21. The second-order valence-corrected chi connectivity index (χ2v) is 8.66. The molecule has 1 aromatic carbocycles. The summed E-state index contributed by atoms with van der Waals surface area (Å²) in [5, 5.41) is 13.1. The molecule has 31 heavy (non-hydrogen) atoms. The zero-order chi connectivity index (χ0) is 22.0. The number of aliphatic hydroxyl groups excluding tert-OH is 1. The van der Waals surface area contributed by atoms with E-state index in [-0.39, 0.29) is 23.7 Å². The Balaban J connectivity index is 1.76. The lowest BCUT2D eigenvalue weighted by atomic mass is 9.87. The number of imidazole rings is 1. The van der Waals surface area contributed by atoms with Crippen LogP contribution in [-0.2, 0) is 6.54 Å². The SMILES string of the molecule is CC(C)Nc1cc(-c2cn(C[C@H]3CC[C@@H](O)CC3)c(=O)n2-c2ccc(F)cc2)ccn1. The predicted molar refractivity (Wildman–Crippen MR) is 120 cm³/mol. The van der Waals surface area contributed by atoms with E-state index in [9.17, 15) is 14.3 Å². The van der Waals surface area contributed by atoms with Crippen molar-refractivity contribution < 1.29 is 9.50 Å². The Labute approximate surface area is 181 Å². The molecule has 0 unspecified atom stereocenters. The molecule has 0 amide bonds. The minimum Gasteiger partial charge on any atom is -0.393 e. The molecule has 164 valence electrons. The van der Waals surface area contributed by atoms with Gasteiger partial charge >= 0.3 is 5.69 Å². The van der Waals surface area contributed by atoms with Gasteiger partial charge in [-0.15, -0.1) is 0 Å². The summed E-state index contributed by atoms with van der Waals surface area (Å²) in [5.41, 5.74) is 2.07. The number of anilines is 1. The van der Waals surface area contributed by atoms with Gasteiger partial charge in [-0.25, -0.2) is 14.2 Å². The summed E-state index contributed by atoms with van der Waals surface area (Å²) >= 11 is 0. The third-order valence-electron chi connectivity index (χ3n) is 5.80. The highest BCUT2D eigenvalue weighted by Crippen LogP contribution is 2.28. The number of rotatable bonds is 6. The lowest BCUT2D eigenvalue weighted by Gasteiger charge is -2.25. The molecule has 1 fully saturated rings. The first-order valence-electron chi connectivity index (χ1n) is 10.9. The number of pyridine rings is 1. The molecular weight excluding hydrogens is 395 g/mol. The summed E-state index contributed by atoms with van der Waals surface area (Å²) < 4.78 is 16.9. The Morgan fingerprint density at radius 2 is 1.87 bits per heavy atom. The Morgan fingerprint density at radius 1 is 1.16 bits per heavy atom. The van der Waals surface area contributed by atoms with Crippen molar-refractivity contribution in [2.45, 2.75) is 58.2 Å². The fraction of sp³-hybridized carbons (Fsp3) is 0.417. The van der Waals surface area contributed by atoms with Crippen LogP contribution in [0, 0.1) is 11.7 Å². The fourth-order valence-electron chi connectivity index (χ4n) is 4.24. The second kappa shape index (κ2) is 9.06. The quantitative estimate of drug-likeness (QED) is 0.622. The number of hydrogen-bond acceptors (Lipinski definition) is 4. The third-order valence-corrected chi connectivity index (χ3v) is 5.80. The number of aliphatic hydroxyl groups is 1. The van der Waals surface area contributed by atoms with Crippen LogP contribution in [0.5, 0.6) is 0 Å². The van der Waals surface area contributed by atoms with Crippen LogP contribution in [0.4, 0.5) is 10.2 Å². The number of halogens is 1. The molecular formula is C24H29FN4O2. The molecule has 2 heterocycles. The first-order valence-corrected chi connectivity index (χ1v) is 10.9. The van der Waals surface area contributed by atoms with E-state index >= 15 is 0 Å². The van der Waals surface area contributed by atoms with Gasteiger partial charge in [-0.2, -0.15) is 0 Å². The van der Waals surface area contributed by atoms with Crippen LogP contribution >= 0.6 is 0 Å². The number of nitrogens with zero attached hydrogens (tertiary/aromatic N) is 3. The van der Waals surface area contributed by atoms with Crippen molar-refractivity contribution in [3.63, 3.8) is 0 Å². The molecule has 1 aliphatic carbocycles. The largest absolute Gasteiger partial charge is 0.393 e. The van der Waals surface area contributed by atoms with Crippen molar-refractivity contribution in [2.75, 3.05) is 5.32 Å². The first-order chi connectivity index (χ1) is 14.9. The average molecular weight is 425 g/mol. The minimum atomic E-state index is -0.342. The van der Waals surface area contributed by atoms with Crippen molar-refractivity contribution >= 4 is 5.82 Å². The molecule has 1 aliphatic rings. The number of benzene rings is 1. The molecule has 3 aromatic rings. The standard InChI is InChI=1S/C24H29FN4O2/c1-16(2)27-23-13-18(11-12-26-23)22-15-28(14-17-3-9-21(30)10-4-17)24(31)29(22)20-7-5-19(25)6-8-20/h5-8,11-13,15-17,21,30H,3-4,9-10,14H2,1-2H3,(H,26,27)/t17-,21+. The normalized spacial score (nSPS) is 19.0. The summed E-state index contributed by atoms with van der Waals surface area (Å²) in [6.45, 7) is 4.69. The van der Waals surface area contributed by atoms with Gasteiger partial charge in [0.15, 0.2) is 0 Å². The van der Waals surface area contributed by atoms with Crippen LogP contribution in [-0.4, -0.2) is 31.4 Å². The highest BCUT2D eigenvalue weighted by molar-refractivity contribution is 5.65. The van der Waals surface area contributed by atoms with Gasteiger partial charge in [-0.1, -0.05) is 0 Å². The smallest absolute Gasteiger partial charge is 0.333 e. The Morgan fingerprint density at radius 3 is 2.55 bits per heavy atom. The molecule has 0 spiro atoms. The van der Waals surface area contributed by atoms with Crippen LogP contribution in [0.15, 0.2) is 53.6 Å². The molecule has 0 saturated heterocycles. The molecule has 0 radical (unpaired) electrons. The fourth-order valence-corrected chi connectivity index (χ4v) is 4.24.